The van der Waals surface area contributed by atoms with E-state index in [-0.39, 0.29) is 11.1 Å². The molecule has 0 bridgehead atoms. The number of H-pyrrole nitrogens is 1. The minimum atomic E-state index is -0.258. The zero-order chi connectivity index (χ0) is 14.1. The molecule has 0 radical (unpaired) electrons. The van der Waals surface area contributed by atoms with Crippen molar-refractivity contribution >= 4 is 0 Å². The Morgan fingerprint density at radius 3 is 2.70 bits per heavy atom. The van der Waals surface area contributed by atoms with Gasteiger partial charge in [0.2, 0.25) is 0 Å². The monoisotopic (exact) mass is 264 g/mol. The van der Waals surface area contributed by atoms with E-state index in [1.54, 1.807) is 0 Å². The normalized spacial score (nSPS) is 13.6. The van der Waals surface area contributed by atoms with E-state index in [0.29, 0.717) is 0 Å². The number of nitrogens with one attached hydrogen (secondary N) is 1. The van der Waals surface area contributed by atoms with Crippen molar-refractivity contribution in [1.29, 1.82) is 5.26 Å². The minimum absolute atomic E-state index is 0.250. The molecule has 0 unspecified atom stereocenters. The van der Waals surface area contributed by atoms with Crippen LogP contribution < -0.4 is 5.56 Å². The summed E-state index contributed by atoms with van der Waals surface area (Å²) in [4.78, 5) is 15.0. The predicted molar refractivity (Wildman–Crippen MR) is 78.6 cm³/mol. The molecule has 0 amide bonds. The van der Waals surface area contributed by atoms with E-state index in [2.05, 4.69) is 11.1 Å². The number of hydrogen-bond donors (Lipinski definition) is 1. The first-order chi connectivity index (χ1) is 9.72. The van der Waals surface area contributed by atoms with Crippen molar-refractivity contribution in [2.45, 2.75) is 32.6 Å². The molecule has 0 saturated carbocycles. The lowest BCUT2D eigenvalue weighted by atomic mass is 9.86. The van der Waals surface area contributed by atoms with E-state index in [1.165, 1.54) is 0 Å². The fourth-order valence-electron chi connectivity index (χ4n) is 3.04. The zero-order valence-corrected chi connectivity index (χ0v) is 11.5. The third-order valence-electron chi connectivity index (χ3n) is 4.04. The standard InChI is InChI=1S/C17H16N2O/c1-11-6-2-3-7-12(11)16-13-8-4-5-9-15(13)19-17(20)14(16)10-18/h2-3,6-7H,4-5,8-9H2,1H3,(H,19,20). The van der Waals surface area contributed by atoms with Crippen LogP contribution in [-0.2, 0) is 12.8 Å². The number of rotatable bonds is 1. The molecule has 100 valence electrons. The number of fused-ring (bicyclic) bond motifs is 1. The molecule has 0 aliphatic heterocycles. The van der Waals surface area contributed by atoms with Gasteiger partial charge in [-0.1, -0.05) is 24.3 Å². The molecule has 1 heterocycles. The molecule has 0 saturated heterocycles. The first-order valence-corrected chi connectivity index (χ1v) is 6.96. The van der Waals surface area contributed by atoms with Gasteiger partial charge in [0.05, 0.1) is 0 Å². The van der Waals surface area contributed by atoms with Gasteiger partial charge in [0.1, 0.15) is 11.6 Å². The van der Waals surface area contributed by atoms with Gasteiger partial charge >= 0.3 is 0 Å². The number of nitrogens with zero attached hydrogens (tertiary/aromatic N) is 1. The highest BCUT2D eigenvalue weighted by Gasteiger charge is 2.21. The molecule has 3 heteroatoms. The van der Waals surface area contributed by atoms with Crippen LogP contribution in [0.5, 0.6) is 0 Å². The molecule has 1 N–H and O–H groups in total. The Morgan fingerprint density at radius 1 is 1.20 bits per heavy atom. The van der Waals surface area contributed by atoms with Crippen LogP contribution >= 0.6 is 0 Å². The van der Waals surface area contributed by atoms with E-state index < -0.39 is 0 Å². The second-order valence-electron chi connectivity index (χ2n) is 5.30. The topological polar surface area (TPSA) is 56.6 Å². The van der Waals surface area contributed by atoms with Crippen molar-refractivity contribution in [1.82, 2.24) is 4.98 Å². The molecule has 1 aliphatic carbocycles. The molecule has 3 nitrogen and oxygen atoms in total. The van der Waals surface area contributed by atoms with Crippen LogP contribution in [0.15, 0.2) is 29.1 Å². The first kappa shape index (κ1) is 12.7. The summed E-state index contributed by atoms with van der Waals surface area (Å²) >= 11 is 0. The molecule has 0 atom stereocenters. The second-order valence-corrected chi connectivity index (χ2v) is 5.30. The smallest absolute Gasteiger partial charge is 0.266 e. The molecular formula is C17H16N2O. The Bertz CT molecular complexity index is 766. The lowest BCUT2D eigenvalue weighted by Crippen LogP contribution is -2.20. The van der Waals surface area contributed by atoms with Crippen LogP contribution in [0.2, 0.25) is 0 Å². The van der Waals surface area contributed by atoms with Gasteiger partial charge in [-0.25, -0.2) is 0 Å². The maximum Gasteiger partial charge on any atom is 0.266 e. The summed E-state index contributed by atoms with van der Waals surface area (Å²) in [6, 6.07) is 10.1. The van der Waals surface area contributed by atoms with Gasteiger partial charge < -0.3 is 4.98 Å². The van der Waals surface area contributed by atoms with Gasteiger partial charge in [0, 0.05) is 11.3 Å². The van der Waals surface area contributed by atoms with Gasteiger partial charge in [0.25, 0.3) is 5.56 Å². The fraction of sp³-hybridized carbons (Fsp3) is 0.294. The highest BCUT2D eigenvalue weighted by Crippen LogP contribution is 2.33. The maximum atomic E-state index is 12.1. The lowest BCUT2D eigenvalue weighted by molar-refractivity contribution is 0.666. The largest absolute Gasteiger partial charge is 0.325 e. The van der Waals surface area contributed by atoms with Gasteiger partial charge in [-0.3, -0.25) is 4.79 Å². The molecule has 0 spiro atoms. The van der Waals surface area contributed by atoms with Crippen molar-refractivity contribution in [3.05, 3.63) is 57.0 Å². The Labute approximate surface area is 117 Å². The van der Waals surface area contributed by atoms with E-state index in [1.807, 2.05) is 31.2 Å². The fourth-order valence-corrected chi connectivity index (χ4v) is 3.04. The molecule has 20 heavy (non-hydrogen) atoms. The van der Waals surface area contributed by atoms with Gasteiger partial charge in [-0.05, 0) is 49.3 Å². The Morgan fingerprint density at radius 2 is 1.95 bits per heavy atom. The van der Waals surface area contributed by atoms with Crippen LogP contribution in [0.3, 0.4) is 0 Å². The van der Waals surface area contributed by atoms with Gasteiger partial charge in [-0.15, -0.1) is 0 Å². The van der Waals surface area contributed by atoms with Gasteiger partial charge in [-0.2, -0.15) is 5.26 Å². The first-order valence-electron chi connectivity index (χ1n) is 6.96. The summed E-state index contributed by atoms with van der Waals surface area (Å²) in [5, 5.41) is 9.38. The van der Waals surface area contributed by atoms with E-state index in [4.69, 9.17) is 0 Å². The molecule has 0 fully saturated rings. The highest BCUT2D eigenvalue weighted by molar-refractivity contribution is 5.76. The Balaban J connectivity index is 2.39. The van der Waals surface area contributed by atoms with Crippen molar-refractivity contribution in [3.8, 4) is 17.2 Å². The molecular weight excluding hydrogens is 248 g/mol. The van der Waals surface area contributed by atoms with Crippen molar-refractivity contribution in [3.63, 3.8) is 0 Å². The number of hydrogen-bond acceptors (Lipinski definition) is 2. The summed E-state index contributed by atoms with van der Waals surface area (Å²) in [6.07, 6.45) is 4.05. The summed E-state index contributed by atoms with van der Waals surface area (Å²) in [7, 11) is 0. The van der Waals surface area contributed by atoms with Crippen LogP contribution in [-0.4, -0.2) is 4.98 Å². The summed E-state index contributed by atoms with van der Waals surface area (Å²) in [5.41, 5.74) is 5.12. The SMILES string of the molecule is Cc1ccccc1-c1c2c([nH]c(=O)c1C#N)CCCC2. The number of aromatic nitrogens is 1. The average Bonchev–Trinajstić information content (AvgIpc) is 2.46. The van der Waals surface area contributed by atoms with E-state index in [9.17, 15) is 10.1 Å². The van der Waals surface area contributed by atoms with E-state index in [0.717, 1.165) is 53.6 Å². The number of pyridine rings is 1. The van der Waals surface area contributed by atoms with Crippen molar-refractivity contribution < 1.29 is 0 Å². The van der Waals surface area contributed by atoms with Crippen molar-refractivity contribution in [2.24, 2.45) is 0 Å². The predicted octanol–water partition coefficient (Wildman–Crippen LogP) is 3.10. The Hall–Kier alpha value is -2.34. The second kappa shape index (κ2) is 4.97. The summed E-state index contributed by atoms with van der Waals surface area (Å²) in [6.45, 7) is 2.02. The van der Waals surface area contributed by atoms with Crippen LogP contribution in [0.25, 0.3) is 11.1 Å². The molecule has 1 aromatic carbocycles. The molecule has 1 aliphatic rings. The van der Waals surface area contributed by atoms with Crippen LogP contribution in [0.4, 0.5) is 0 Å². The minimum Gasteiger partial charge on any atom is -0.325 e. The molecule has 1 aromatic heterocycles. The average molecular weight is 264 g/mol. The number of aromatic amines is 1. The number of benzene rings is 1. The molecule has 2 aromatic rings. The van der Waals surface area contributed by atoms with Crippen molar-refractivity contribution in [2.75, 3.05) is 0 Å². The van der Waals surface area contributed by atoms with Crippen LogP contribution in [0.1, 0.15) is 35.2 Å². The van der Waals surface area contributed by atoms with E-state index >= 15 is 0 Å². The molecule has 3 rings (SSSR count). The number of nitriles is 1. The maximum absolute atomic E-state index is 12.1. The third kappa shape index (κ3) is 1.94. The number of aryl methyl sites for hydroxylation is 2. The zero-order valence-electron chi connectivity index (χ0n) is 11.5. The third-order valence-corrected chi connectivity index (χ3v) is 4.04. The highest BCUT2D eigenvalue weighted by atomic mass is 16.1. The lowest BCUT2D eigenvalue weighted by Gasteiger charge is -2.21. The quantitative estimate of drug-likeness (QED) is 0.860. The van der Waals surface area contributed by atoms with Gasteiger partial charge in [0.15, 0.2) is 0 Å². The summed E-state index contributed by atoms with van der Waals surface area (Å²) in [5.74, 6) is 0. The Kier molecular flexibility index (Phi) is 3.15. The summed E-state index contributed by atoms with van der Waals surface area (Å²) < 4.78 is 0. The van der Waals surface area contributed by atoms with Crippen LogP contribution in [0, 0.1) is 18.3 Å².